The van der Waals surface area contributed by atoms with Crippen molar-refractivity contribution < 1.29 is 0 Å². The second-order valence-electron chi connectivity index (χ2n) is 2.45. The van der Waals surface area contributed by atoms with E-state index in [1.165, 1.54) is 0 Å². The molecule has 3 nitrogen and oxygen atoms in total. The standard InChI is InChI=1S/C8H5Br2N3/c9-5-2-1-3-6(10)8(5)7-4-11-13-12-7/h1-4H,(H,11,12,13). The fraction of sp³-hybridized carbons (Fsp3) is 0. The monoisotopic (exact) mass is 301 g/mol. The molecular weight excluding hydrogens is 298 g/mol. The highest BCUT2D eigenvalue weighted by atomic mass is 79.9. The Balaban J connectivity index is 2.64. The lowest BCUT2D eigenvalue weighted by atomic mass is 10.2. The quantitative estimate of drug-likeness (QED) is 0.880. The Bertz CT molecular complexity index is 391. The molecule has 5 heteroatoms. The molecule has 0 spiro atoms. The second-order valence-corrected chi connectivity index (χ2v) is 4.16. The van der Waals surface area contributed by atoms with Crippen LogP contribution in [0.1, 0.15) is 0 Å². The van der Waals surface area contributed by atoms with Gasteiger partial charge in [-0.2, -0.15) is 15.4 Å². The number of aromatic amines is 1. The molecule has 0 fully saturated rings. The summed E-state index contributed by atoms with van der Waals surface area (Å²) >= 11 is 6.91. The molecule has 0 atom stereocenters. The zero-order valence-electron chi connectivity index (χ0n) is 6.46. The average Bonchev–Trinajstić information content (AvgIpc) is 2.57. The van der Waals surface area contributed by atoms with Crippen molar-refractivity contribution in [3.8, 4) is 11.3 Å². The first kappa shape index (κ1) is 8.90. The molecular formula is C8H5Br2N3. The van der Waals surface area contributed by atoms with E-state index in [-0.39, 0.29) is 0 Å². The van der Waals surface area contributed by atoms with Crippen LogP contribution in [0, 0.1) is 0 Å². The largest absolute Gasteiger partial charge is 0.197 e. The zero-order chi connectivity index (χ0) is 9.26. The summed E-state index contributed by atoms with van der Waals surface area (Å²) in [7, 11) is 0. The number of nitrogens with one attached hydrogen (secondary N) is 1. The first-order chi connectivity index (χ1) is 6.29. The van der Waals surface area contributed by atoms with Gasteiger partial charge in [0.05, 0.1) is 6.20 Å². The van der Waals surface area contributed by atoms with Gasteiger partial charge in [0.1, 0.15) is 5.69 Å². The van der Waals surface area contributed by atoms with E-state index < -0.39 is 0 Å². The van der Waals surface area contributed by atoms with Gasteiger partial charge in [0, 0.05) is 14.5 Å². The Hall–Kier alpha value is -0.680. The maximum Gasteiger partial charge on any atom is 0.115 e. The molecule has 1 aromatic heterocycles. The van der Waals surface area contributed by atoms with Gasteiger partial charge in [-0.05, 0) is 12.1 Å². The van der Waals surface area contributed by atoms with Crippen LogP contribution in [0.15, 0.2) is 33.3 Å². The number of nitrogens with zero attached hydrogens (tertiary/aromatic N) is 2. The highest BCUT2D eigenvalue weighted by molar-refractivity contribution is 9.11. The highest BCUT2D eigenvalue weighted by Gasteiger charge is 2.08. The van der Waals surface area contributed by atoms with Crippen LogP contribution in [0.2, 0.25) is 0 Å². The van der Waals surface area contributed by atoms with E-state index in [4.69, 9.17) is 0 Å². The van der Waals surface area contributed by atoms with Gasteiger partial charge in [-0.15, -0.1) is 0 Å². The third-order valence-electron chi connectivity index (χ3n) is 1.63. The van der Waals surface area contributed by atoms with Crippen LogP contribution in [0.5, 0.6) is 0 Å². The number of halogens is 2. The minimum absolute atomic E-state index is 0.819. The molecule has 0 aliphatic carbocycles. The van der Waals surface area contributed by atoms with Crippen LogP contribution in [0.3, 0.4) is 0 Å². The molecule has 1 heterocycles. The lowest BCUT2D eigenvalue weighted by Crippen LogP contribution is -1.81. The van der Waals surface area contributed by atoms with E-state index in [0.717, 1.165) is 20.2 Å². The molecule has 1 aromatic carbocycles. The van der Waals surface area contributed by atoms with E-state index in [9.17, 15) is 0 Å². The van der Waals surface area contributed by atoms with Crippen LogP contribution >= 0.6 is 31.9 Å². The summed E-state index contributed by atoms with van der Waals surface area (Å²) in [6, 6.07) is 5.89. The molecule has 0 radical (unpaired) electrons. The Morgan fingerprint density at radius 1 is 1.15 bits per heavy atom. The van der Waals surface area contributed by atoms with Gasteiger partial charge in [-0.1, -0.05) is 37.9 Å². The van der Waals surface area contributed by atoms with Crippen LogP contribution in [0.4, 0.5) is 0 Å². The van der Waals surface area contributed by atoms with Crippen LogP contribution in [-0.4, -0.2) is 15.4 Å². The Labute approximate surface area is 91.8 Å². The molecule has 0 unspecified atom stereocenters. The summed E-state index contributed by atoms with van der Waals surface area (Å²) in [5.41, 5.74) is 1.83. The van der Waals surface area contributed by atoms with E-state index in [0.29, 0.717) is 0 Å². The van der Waals surface area contributed by atoms with Crippen molar-refractivity contribution in [3.63, 3.8) is 0 Å². The summed E-state index contributed by atoms with van der Waals surface area (Å²) in [5, 5.41) is 10.4. The maximum atomic E-state index is 4.01. The predicted molar refractivity (Wildman–Crippen MR) is 57.2 cm³/mol. The SMILES string of the molecule is Brc1cccc(Br)c1-c1cn[nH]n1. The molecule has 0 saturated heterocycles. The topological polar surface area (TPSA) is 41.6 Å². The normalized spacial score (nSPS) is 10.3. The summed E-state index contributed by atoms with van der Waals surface area (Å²) in [5.74, 6) is 0. The molecule has 0 saturated carbocycles. The van der Waals surface area contributed by atoms with Crippen molar-refractivity contribution in [1.82, 2.24) is 15.4 Å². The molecule has 13 heavy (non-hydrogen) atoms. The van der Waals surface area contributed by atoms with Crippen molar-refractivity contribution in [2.75, 3.05) is 0 Å². The third-order valence-corrected chi connectivity index (χ3v) is 2.96. The van der Waals surface area contributed by atoms with Gasteiger partial charge < -0.3 is 0 Å². The number of hydrogen-bond acceptors (Lipinski definition) is 2. The molecule has 1 N–H and O–H groups in total. The molecule has 0 amide bonds. The summed E-state index contributed by atoms with van der Waals surface area (Å²) in [6.45, 7) is 0. The van der Waals surface area contributed by atoms with Gasteiger partial charge in [0.15, 0.2) is 0 Å². The smallest absolute Gasteiger partial charge is 0.115 e. The number of aromatic nitrogens is 3. The zero-order valence-corrected chi connectivity index (χ0v) is 9.63. The van der Waals surface area contributed by atoms with Crippen molar-refractivity contribution in [3.05, 3.63) is 33.3 Å². The van der Waals surface area contributed by atoms with Crippen LogP contribution < -0.4 is 0 Å². The fourth-order valence-corrected chi connectivity index (χ4v) is 2.47. The Morgan fingerprint density at radius 3 is 2.38 bits per heavy atom. The Morgan fingerprint density at radius 2 is 1.85 bits per heavy atom. The molecule has 2 aromatic rings. The van der Waals surface area contributed by atoms with Gasteiger partial charge in [-0.25, -0.2) is 0 Å². The van der Waals surface area contributed by atoms with Crippen LogP contribution in [0.25, 0.3) is 11.3 Å². The summed E-state index contributed by atoms with van der Waals surface area (Å²) in [6.07, 6.45) is 1.69. The number of benzene rings is 1. The summed E-state index contributed by atoms with van der Waals surface area (Å²) in [4.78, 5) is 0. The van der Waals surface area contributed by atoms with Crippen molar-refractivity contribution in [1.29, 1.82) is 0 Å². The lowest BCUT2D eigenvalue weighted by Gasteiger charge is -2.01. The lowest BCUT2D eigenvalue weighted by molar-refractivity contribution is 0.942. The molecule has 0 aliphatic heterocycles. The highest BCUT2D eigenvalue weighted by Crippen LogP contribution is 2.32. The molecule has 0 bridgehead atoms. The van der Waals surface area contributed by atoms with Gasteiger partial charge >= 0.3 is 0 Å². The van der Waals surface area contributed by atoms with Crippen molar-refractivity contribution in [2.24, 2.45) is 0 Å². The van der Waals surface area contributed by atoms with E-state index in [1.807, 2.05) is 18.2 Å². The molecule has 0 aliphatic rings. The third kappa shape index (κ3) is 1.66. The molecule has 2 rings (SSSR count). The van der Waals surface area contributed by atoms with E-state index in [1.54, 1.807) is 6.20 Å². The summed E-state index contributed by atoms with van der Waals surface area (Å²) < 4.78 is 1.99. The van der Waals surface area contributed by atoms with Crippen LogP contribution in [-0.2, 0) is 0 Å². The minimum Gasteiger partial charge on any atom is -0.197 e. The first-order valence-corrected chi connectivity index (χ1v) is 5.18. The Kier molecular flexibility index (Phi) is 2.46. The van der Waals surface area contributed by atoms with Gasteiger partial charge in [0.25, 0.3) is 0 Å². The fourth-order valence-electron chi connectivity index (χ4n) is 1.06. The second kappa shape index (κ2) is 3.59. The predicted octanol–water partition coefficient (Wildman–Crippen LogP) is 3.00. The van der Waals surface area contributed by atoms with Crippen molar-refractivity contribution in [2.45, 2.75) is 0 Å². The van der Waals surface area contributed by atoms with Gasteiger partial charge in [-0.3, -0.25) is 0 Å². The average molecular weight is 303 g/mol. The minimum atomic E-state index is 0.819. The van der Waals surface area contributed by atoms with E-state index >= 15 is 0 Å². The number of rotatable bonds is 1. The van der Waals surface area contributed by atoms with Crippen molar-refractivity contribution >= 4 is 31.9 Å². The number of hydrogen-bond donors (Lipinski definition) is 1. The number of H-pyrrole nitrogens is 1. The molecule has 66 valence electrons. The first-order valence-electron chi connectivity index (χ1n) is 3.59. The van der Waals surface area contributed by atoms with Gasteiger partial charge in [0.2, 0.25) is 0 Å². The van der Waals surface area contributed by atoms with E-state index in [2.05, 4.69) is 47.3 Å². The maximum absolute atomic E-state index is 4.01.